The Morgan fingerprint density at radius 1 is 1.13 bits per heavy atom. The Balaban J connectivity index is 1.21. The fourth-order valence-corrected chi connectivity index (χ4v) is 9.42. The van der Waals surface area contributed by atoms with Crippen molar-refractivity contribution in [3.05, 3.63) is 34.5 Å². The molecule has 47 heavy (non-hydrogen) atoms. The highest BCUT2D eigenvalue weighted by Gasteiger charge is 2.48. The summed E-state index contributed by atoms with van der Waals surface area (Å²) in [6.07, 6.45) is 5.25. The van der Waals surface area contributed by atoms with E-state index < -0.39 is 11.6 Å². The molecule has 3 aromatic heterocycles. The number of halogens is 2. The van der Waals surface area contributed by atoms with Gasteiger partial charge in [-0.3, -0.25) is 4.98 Å². The van der Waals surface area contributed by atoms with Crippen molar-refractivity contribution in [3.63, 3.8) is 0 Å². The zero-order valence-electron chi connectivity index (χ0n) is 26.5. The Kier molecular flexibility index (Phi) is 6.51. The lowest BCUT2D eigenvalue weighted by atomic mass is 9.83. The Labute approximate surface area is 274 Å². The van der Waals surface area contributed by atoms with Gasteiger partial charge in [0.25, 0.3) is 0 Å². The molecule has 1 aliphatic carbocycles. The molecule has 0 spiro atoms. The van der Waals surface area contributed by atoms with Crippen LogP contribution in [0, 0.1) is 33.8 Å². The molecule has 1 saturated carbocycles. The number of rotatable bonds is 7. The van der Waals surface area contributed by atoms with Crippen LogP contribution in [-0.4, -0.2) is 71.3 Å². The summed E-state index contributed by atoms with van der Waals surface area (Å²) >= 11 is 0.962. The molecular formula is C34H36F2N8O2S. The maximum atomic E-state index is 17.3. The molecule has 10 nitrogen and oxygen atoms in total. The normalized spacial score (nSPS) is 24.0. The molecule has 4 fully saturated rings. The van der Waals surface area contributed by atoms with Gasteiger partial charge in [-0.05, 0) is 42.2 Å². The van der Waals surface area contributed by atoms with Crippen molar-refractivity contribution in [1.82, 2.24) is 25.2 Å². The Morgan fingerprint density at radius 2 is 1.87 bits per heavy atom. The summed E-state index contributed by atoms with van der Waals surface area (Å²) in [5, 5.41) is 14.5. The highest BCUT2D eigenvalue weighted by atomic mass is 32.1. The first-order chi connectivity index (χ1) is 22.7. The molecule has 0 radical (unpaired) electrons. The topological polar surface area (TPSA) is 125 Å². The van der Waals surface area contributed by atoms with Gasteiger partial charge in [0.15, 0.2) is 11.6 Å². The number of ether oxygens (including phenoxy) is 2. The molecule has 7 heterocycles. The van der Waals surface area contributed by atoms with Crippen LogP contribution in [0.1, 0.15) is 56.2 Å². The molecular weight excluding hydrogens is 622 g/mol. The largest absolute Gasteiger partial charge is 0.463 e. The number of nitrogens with two attached hydrogens (primary N) is 1. The van der Waals surface area contributed by atoms with Crippen LogP contribution in [-0.2, 0) is 18.0 Å². The van der Waals surface area contributed by atoms with Crippen LogP contribution in [0.15, 0.2) is 6.20 Å². The summed E-state index contributed by atoms with van der Waals surface area (Å²) < 4.78 is 44.8. The summed E-state index contributed by atoms with van der Waals surface area (Å²) in [7, 11) is 0. The van der Waals surface area contributed by atoms with E-state index in [9.17, 15) is 9.65 Å². The maximum absolute atomic E-state index is 17.3. The molecule has 244 valence electrons. The first-order valence-electron chi connectivity index (χ1n) is 16.4. The van der Waals surface area contributed by atoms with Gasteiger partial charge in [-0.15, -0.1) is 11.3 Å². The molecule has 4 aliphatic heterocycles. The van der Waals surface area contributed by atoms with Crippen molar-refractivity contribution in [3.8, 4) is 23.3 Å². The van der Waals surface area contributed by atoms with Gasteiger partial charge >= 0.3 is 6.01 Å². The highest BCUT2D eigenvalue weighted by molar-refractivity contribution is 7.23. The first-order valence-corrected chi connectivity index (χ1v) is 17.2. The third-order valence-corrected chi connectivity index (χ3v) is 11.8. The first kappa shape index (κ1) is 29.4. The summed E-state index contributed by atoms with van der Waals surface area (Å²) in [4.78, 5) is 19.0. The van der Waals surface area contributed by atoms with Crippen molar-refractivity contribution < 1.29 is 18.3 Å². The van der Waals surface area contributed by atoms with Gasteiger partial charge in [-0.25, -0.2) is 8.78 Å². The molecule has 3 saturated heterocycles. The van der Waals surface area contributed by atoms with E-state index in [-0.39, 0.29) is 74.1 Å². The zero-order chi connectivity index (χ0) is 32.2. The number of nitrogen functional groups attached to an aromatic ring is 1. The van der Waals surface area contributed by atoms with Crippen LogP contribution in [0.2, 0.25) is 0 Å². The number of thiophene rings is 1. The van der Waals surface area contributed by atoms with Crippen molar-refractivity contribution in [1.29, 1.82) is 5.26 Å². The van der Waals surface area contributed by atoms with E-state index in [1.807, 2.05) is 0 Å². The van der Waals surface area contributed by atoms with Crippen molar-refractivity contribution in [2.45, 2.75) is 64.8 Å². The average molecular weight is 659 g/mol. The SMILES string of the molecule is CC1(C)CN(CC2(COc3nc(N4C5CCC4CNC5)c4c5c(c(-c6ncc(F)c7sc(N)c(C#N)c67)c(F)c4n3)COC5)CC2)C1. The smallest absolute Gasteiger partial charge is 0.319 e. The highest BCUT2D eigenvalue weighted by Crippen LogP contribution is 2.50. The van der Waals surface area contributed by atoms with Crippen LogP contribution < -0.4 is 20.7 Å². The van der Waals surface area contributed by atoms with Crippen molar-refractivity contribution in [2.75, 3.05) is 50.0 Å². The van der Waals surface area contributed by atoms with E-state index in [1.165, 1.54) is 0 Å². The molecule has 2 bridgehead atoms. The quantitative estimate of drug-likeness (QED) is 0.277. The number of hydrogen-bond acceptors (Lipinski definition) is 11. The summed E-state index contributed by atoms with van der Waals surface area (Å²) in [5.74, 6) is -0.546. The Hall–Kier alpha value is -3.70. The van der Waals surface area contributed by atoms with Gasteiger partial charge < -0.3 is 30.3 Å². The Morgan fingerprint density at radius 3 is 2.57 bits per heavy atom. The van der Waals surface area contributed by atoms with E-state index in [1.54, 1.807) is 0 Å². The molecule has 0 amide bonds. The number of nitrogens with zero attached hydrogens (tertiary/aromatic N) is 6. The summed E-state index contributed by atoms with van der Waals surface area (Å²) in [6, 6.07) is 2.67. The predicted molar refractivity (Wildman–Crippen MR) is 175 cm³/mol. The third-order valence-electron chi connectivity index (χ3n) is 10.8. The number of benzene rings is 1. The van der Waals surface area contributed by atoms with Gasteiger partial charge in [0.05, 0.1) is 47.4 Å². The van der Waals surface area contributed by atoms with E-state index in [2.05, 4.69) is 40.0 Å². The van der Waals surface area contributed by atoms with E-state index in [0.29, 0.717) is 28.8 Å². The van der Waals surface area contributed by atoms with Gasteiger partial charge in [-0.1, -0.05) is 13.8 Å². The lowest BCUT2D eigenvalue weighted by molar-refractivity contribution is 0.00641. The second kappa shape index (κ2) is 10.4. The maximum Gasteiger partial charge on any atom is 0.319 e. The lowest BCUT2D eigenvalue weighted by Crippen LogP contribution is -2.55. The number of hydrogen-bond donors (Lipinski definition) is 2. The lowest BCUT2D eigenvalue weighted by Gasteiger charge is -2.47. The molecule has 9 rings (SSSR count). The van der Waals surface area contributed by atoms with Gasteiger partial charge in [0.1, 0.15) is 22.4 Å². The van der Waals surface area contributed by atoms with Crippen molar-refractivity contribution in [2.24, 2.45) is 10.8 Å². The number of nitrogens with one attached hydrogen (secondary N) is 1. The van der Waals surface area contributed by atoms with Gasteiger partial charge in [-0.2, -0.15) is 15.2 Å². The number of likely N-dealkylation sites (tertiary alicyclic amines) is 1. The fraction of sp³-hybridized carbons (Fsp3) is 0.529. The van der Waals surface area contributed by atoms with Crippen LogP contribution in [0.3, 0.4) is 0 Å². The molecule has 3 N–H and O–H groups in total. The third kappa shape index (κ3) is 4.59. The molecule has 2 unspecified atom stereocenters. The van der Waals surface area contributed by atoms with Crippen LogP contribution >= 0.6 is 11.3 Å². The Bertz CT molecular complexity index is 2000. The minimum absolute atomic E-state index is 0.0503. The number of nitriles is 1. The minimum Gasteiger partial charge on any atom is -0.463 e. The van der Waals surface area contributed by atoms with Crippen LogP contribution in [0.5, 0.6) is 6.01 Å². The second-order valence-electron chi connectivity index (χ2n) is 14.9. The zero-order valence-corrected chi connectivity index (χ0v) is 27.3. The van der Waals surface area contributed by atoms with E-state index in [4.69, 9.17) is 25.2 Å². The minimum atomic E-state index is -0.613. The van der Waals surface area contributed by atoms with E-state index >= 15 is 4.39 Å². The van der Waals surface area contributed by atoms with Crippen molar-refractivity contribution >= 4 is 43.1 Å². The molecule has 13 heteroatoms. The number of piperazine rings is 1. The summed E-state index contributed by atoms with van der Waals surface area (Å²) in [5.41, 5.74) is 8.46. The van der Waals surface area contributed by atoms with Gasteiger partial charge in [0.2, 0.25) is 0 Å². The summed E-state index contributed by atoms with van der Waals surface area (Å²) in [6.45, 7) is 10.2. The number of anilines is 2. The number of fused-ring (bicyclic) bond motifs is 6. The number of aromatic nitrogens is 3. The molecule has 2 atom stereocenters. The number of pyridine rings is 1. The van der Waals surface area contributed by atoms with E-state index in [0.717, 1.165) is 81.5 Å². The van der Waals surface area contributed by atoms with Gasteiger partial charge in [0, 0.05) is 61.2 Å². The monoisotopic (exact) mass is 658 g/mol. The van der Waals surface area contributed by atoms with Crippen LogP contribution in [0.25, 0.3) is 32.2 Å². The molecule has 5 aliphatic rings. The molecule has 1 aromatic carbocycles. The predicted octanol–water partition coefficient (Wildman–Crippen LogP) is 5.11. The average Bonchev–Trinajstić information content (AvgIpc) is 3.33. The second-order valence-corrected chi connectivity index (χ2v) is 15.9. The standard InChI is InChI=1S/C34H36F2N8O2S/c1-33(2)13-43(14-33)15-34(5-6-34)16-46-32-41-28-25(31(42-32)44-17-3-4-18(44)9-39-8-17)21-12-45-11-20(21)23(26(28)36)27-24-19(7-37)30(38)47-29(24)22(35)10-40-27/h10,17-18,39H,3-6,8-9,11-16,38H2,1-2H3. The fourth-order valence-electron chi connectivity index (χ4n) is 8.50. The molecule has 4 aromatic rings. The van der Waals surface area contributed by atoms with Crippen LogP contribution in [0.4, 0.5) is 19.6 Å².